The highest BCUT2D eigenvalue weighted by Crippen LogP contribution is 2.29. The second kappa shape index (κ2) is 7.44. The zero-order chi connectivity index (χ0) is 17.1. The Morgan fingerprint density at radius 3 is 2.79 bits per heavy atom. The summed E-state index contributed by atoms with van der Waals surface area (Å²) in [6.45, 7) is 6.79. The molecule has 0 aromatic carbocycles. The van der Waals surface area contributed by atoms with Crippen LogP contribution in [0.2, 0.25) is 0 Å². The first-order valence-corrected chi connectivity index (χ1v) is 8.68. The third-order valence-corrected chi connectivity index (χ3v) is 5.16. The zero-order valence-electron chi connectivity index (χ0n) is 14.5. The molecule has 3 rings (SSSR count). The molecular weight excluding hydrogens is 308 g/mol. The maximum atomic E-state index is 11.3. The summed E-state index contributed by atoms with van der Waals surface area (Å²) in [4.78, 5) is 19.8. The van der Waals surface area contributed by atoms with Crippen molar-refractivity contribution in [2.75, 3.05) is 44.8 Å². The van der Waals surface area contributed by atoms with E-state index in [0.29, 0.717) is 17.8 Å². The summed E-state index contributed by atoms with van der Waals surface area (Å²) in [5.41, 5.74) is 0.912. The van der Waals surface area contributed by atoms with Crippen molar-refractivity contribution in [2.24, 2.45) is 5.92 Å². The van der Waals surface area contributed by atoms with Gasteiger partial charge in [0.2, 0.25) is 5.82 Å². The first-order chi connectivity index (χ1) is 11.5. The summed E-state index contributed by atoms with van der Waals surface area (Å²) >= 11 is 0. The van der Waals surface area contributed by atoms with Gasteiger partial charge in [0, 0.05) is 51.6 Å². The molecule has 0 amide bonds. The van der Waals surface area contributed by atoms with Crippen molar-refractivity contribution >= 4 is 11.5 Å². The fourth-order valence-electron chi connectivity index (χ4n) is 3.71. The molecule has 1 aromatic heterocycles. The first-order valence-electron chi connectivity index (χ1n) is 8.68. The molecular formula is C17H26N4O3. The van der Waals surface area contributed by atoms with Crippen molar-refractivity contribution < 1.29 is 9.66 Å². The summed E-state index contributed by atoms with van der Waals surface area (Å²) in [7, 11) is 1.93. The highest BCUT2D eigenvalue weighted by atomic mass is 16.6. The lowest BCUT2D eigenvalue weighted by Crippen LogP contribution is -2.45. The molecule has 0 bridgehead atoms. The average Bonchev–Trinajstić information content (AvgIpc) is 3.08. The van der Waals surface area contributed by atoms with Gasteiger partial charge < -0.3 is 14.5 Å². The van der Waals surface area contributed by atoms with Crippen molar-refractivity contribution in [1.82, 2.24) is 9.88 Å². The number of nitro groups is 1. The molecule has 0 N–H and O–H groups in total. The third kappa shape index (κ3) is 3.84. The molecule has 0 saturated carbocycles. The van der Waals surface area contributed by atoms with Crippen molar-refractivity contribution in [1.29, 1.82) is 0 Å². The van der Waals surface area contributed by atoms with Gasteiger partial charge in [-0.2, -0.15) is 0 Å². The lowest BCUT2D eigenvalue weighted by Gasteiger charge is -2.37. The van der Waals surface area contributed by atoms with Crippen LogP contribution >= 0.6 is 0 Å². The lowest BCUT2D eigenvalue weighted by atomic mass is 10.0. The summed E-state index contributed by atoms with van der Waals surface area (Å²) in [6.07, 6.45) is 4.89. The number of ether oxygens (including phenoxy) is 1. The molecule has 1 aromatic rings. The second-order valence-corrected chi connectivity index (χ2v) is 6.98. The van der Waals surface area contributed by atoms with E-state index < -0.39 is 0 Å². The maximum Gasteiger partial charge on any atom is 0.311 e. The quantitative estimate of drug-likeness (QED) is 0.607. The van der Waals surface area contributed by atoms with Gasteiger partial charge in [-0.3, -0.25) is 10.1 Å². The highest BCUT2D eigenvalue weighted by molar-refractivity contribution is 5.58. The highest BCUT2D eigenvalue weighted by Gasteiger charge is 2.29. The number of pyridine rings is 1. The summed E-state index contributed by atoms with van der Waals surface area (Å²) in [5, 5.41) is 11.3. The molecule has 2 aliphatic heterocycles. The number of nitrogens with zero attached hydrogens (tertiary/aromatic N) is 4. The summed E-state index contributed by atoms with van der Waals surface area (Å²) in [6, 6.07) is 1.91. The predicted octanol–water partition coefficient (Wildman–Crippen LogP) is 2.24. The van der Waals surface area contributed by atoms with Crippen LogP contribution in [0.4, 0.5) is 11.5 Å². The number of likely N-dealkylation sites (tertiary alicyclic amines) is 1. The standard InChI is InChI=1S/C17H26N4O3/c1-13-9-16(21(22)23)17(18-10-13)19(2)15-3-6-20(7-4-15)11-14-5-8-24-12-14/h9-10,14-15H,3-8,11-12H2,1-2H3/t14-/m0/s1. The van der Waals surface area contributed by atoms with E-state index in [0.717, 1.165) is 51.3 Å². The number of aryl methyl sites for hydroxylation is 1. The molecule has 0 radical (unpaired) electrons. The largest absolute Gasteiger partial charge is 0.381 e. The molecule has 2 fully saturated rings. The molecule has 24 heavy (non-hydrogen) atoms. The Morgan fingerprint density at radius 1 is 1.42 bits per heavy atom. The molecule has 0 aliphatic carbocycles. The van der Waals surface area contributed by atoms with Gasteiger partial charge in [0.05, 0.1) is 11.5 Å². The Labute approximate surface area is 142 Å². The molecule has 2 saturated heterocycles. The summed E-state index contributed by atoms with van der Waals surface area (Å²) < 4.78 is 5.45. The molecule has 0 unspecified atom stereocenters. The molecule has 7 nitrogen and oxygen atoms in total. The second-order valence-electron chi connectivity index (χ2n) is 6.98. The van der Waals surface area contributed by atoms with Crippen LogP contribution in [0.15, 0.2) is 12.3 Å². The van der Waals surface area contributed by atoms with E-state index >= 15 is 0 Å². The summed E-state index contributed by atoms with van der Waals surface area (Å²) in [5.74, 6) is 1.15. The van der Waals surface area contributed by atoms with E-state index in [-0.39, 0.29) is 10.6 Å². The van der Waals surface area contributed by atoms with Crippen LogP contribution in [0.25, 0.3) is 0 Å². The minimum Gasteiger partial charge on any atom is -0.381 e. The van der Waals surface area contributed by atoms with Gasteiger partial charge in [0.1, 0.15) is 0 Å². The third-order valence-electron chi connectivity index (χ3n) is 5.16. The zero-order valence-corrected chi connectivity index (χ0v) is 14.5. The smallest absolute Gasteiger partial charge is 0.311 e. The van der Waals surface area contributed by atoms with Gasteiger partial charge in [-0.1, -0.05) is 0 Å². The Bertz CT molecular complexity index is 581. The first kappa shape index (κ1) is 17.1. The minimum absolute atomic E-state index is 0.100. The van der Waals surface area contributed by atoms with Crippen molar-refractivity contribution in [2.45, 2.75) is 32.2 Å². The van der Waals surface area contributed by atoms with Gasteiger partial charge in [0.25, 0.3) is 0 Å². The average molecular weight is 334 g/mol. The van der Waals surface area contributed by atoms with E-state index in [4.69, 9.17) is 4.74 Å². The van der Waals surface area contributed by atoms with Crippen LogP contribution in [0.1, 0.15) is 24.8 Å². The number of anilines is 1. The Kier molecular flexibility index (Phi) is 5.30. The normalized spacial score (nSPS) is 22.7. The Balaban J connectivity index is 1.60. The van der Waals surface area contributed by atoms with Gasteiger partial charge in [-0.15, -0.1) is 0 Å². The topological polar surface area (TPSA) is 71.7 Å². The van der Waals surface area contributed by atoms with Crippen LogP contribution in [0, 0.1) is 23.0 Å². The van der Waals surface area contributed by atoms with Crippen LogP contribution in [-0.4, -0.2) is 60.7 Å². The monoisotopic (exact) mass is 334 g/mol. The number of rotatable bonds is 5. The molecule has 132 valence electrons. The fourth-order valence-corrected chi connectivity index (χ4v) is 3.71. The van der Waals surface area contributed by atoms with Crippen LogP contribution in [0.5, 0.6) is 0 Å². The van der Waals surface area contributed by atoms with Gasteiger partial charge in [0.15, 0.2) is 0 Å². The number of piperidine rings is 1. The van der Waals surface area contributed by atoms with Gasteiger partial charge >= 0.3 is 5.69 Å². The van der Waals surface area contributed by atoms with E-state index in [9.17, 15) is 10.1 Å². The number of aromatic nitrogens is 1. The van der Waals surface area contributed by atoms with E-state index in [1.165, 1.54) is 6.42 Å². The number of hydrogen-bond acceptors (Lipinski definition) is 6. The van der Waals surface area contributed by atoms with Crippen LogP contribution < -0.4 is 4.90 Å². The van der Waals surface area contributed by atoms with Crippen LogP contribution in [0.3, 0.4) is 0 Å². The minimum atomic E-state index is -0.332. The predicted molar refractivity (Wildman–Crippen MR) is 92.4 cm³/mol. The maximum absolute atomic E-state index is 11.3. The van der Waals surface area contributed by atoms with Gasteiger partial charge in [-0.25, -0.2) is 4.98 Å². The lowest BCUT2D eigenvalue weighted by molar-refractivity contribution is -0.384. The molecule has 3 heterocycles. The van der Waals surface area contributed by atoms with Crippen LogP contribution in [-0.2, 0) is 4.74 Å². The molecule has 0 spiro atoms. The van der Waals surface area contributed by atoms with E-state index in [1.54, 1.807) is 12.3 Å². The van der Waals surface area contributed by atoms with Gasteiger partial charge in [-0.05, 0) is 37.7 Å². The Morgan fingerprint density at radius 2 is 2.17 bits per heavy atom. The molecule has 2 aliphatic rings. The van der Waals surface area contributed by atoms with Crippen molar-refractivity contribution in [3.05, 3.63) is 27.9 Å². The van der Waals surface area contributed by atoms with E-state index in [1.807, 2.05) is 18.9 Å². The van der Waals surface area contributed by atoms with Crippen molar-refractivity contribution in [3.8, 4) is 0 Å². The molecule has 1 atom stereocenters. The SMILES string of the molecule is Cc1cnc(N(C)C2CCN(C[C@@H]3CCOC3)CC2)c([N+](=O)[O-])c1. The Hall–Kier alpha value is -1.73. The fraction of sp³-hybridized carbons (Fsp3) is 0.706. The van der Waals surface area contributed by atoms with Crippen molar-refractivity contribution in [3.63, 3.8) is 0 Å². The molecule has 7 heteroatoms. The van der Waals surface area contributed by atoms with E-state index in [2.05, 4.69) is 9.88 Å². The number of hydrogen-bond donors (Lipinski definition) is 0.